The van der Waals surface area contributed by atoms with E-state index in [0.717, 1.165) is 19.5 Å². The van der Waals surface area contributed by atoms with Crippen LogP contribution in [0.3, 0.4) is 0 Å². The Morgan fingerprint density at radius 1 is 0.923 bits per heavy atom. The molecule has 0 radical (unpaired) electrons. The van der Waals surface area contributed by atoms with Gasteiger partial charge < -0.3 is 5.11 Å². The zero-order valence-electron chi connectivity index (χ0n) is 14.4. The number of carbonyl (C=O) groups is 1. The summed E-state index contributed by atoms with van der Waals surface area (Å²) >= 11 is 0. The van der Waals surface area contributed by atoms with E-state index in [-0.39, 0.29) is 10.5 Å². The van der Waals surface area contributed by atoms with E-state index in [1.54, 1.807) is 0 Å². The van der Waals surface area contributed by atoms with Crippen molar-refractivity contribution >= 4 is 16.0 Å². The molecule has 6 nitrogen and oxygen atoms in total. The van der Waals surface area contributed by atoms with Crippen LogP contribution in [0.25, 0.3) is 0 Å². The molecule has 1 saturated heterocycles. The van der Waals surface area contributed by atoms with E-state index in [2.05, 4.69) is 17.0 Å². The highest BCUT2D eigenvalue weighted by molar-refractivity contribution is 7.89. The van der Waals surface area contributed by atoms with Crippen molar-refractivity contribution in [3.8, 4) is 0 Å². The Labute approximate surface area is 153 Å². The number of hydrogen-bond acceptors (Lipinski definition) is 4. The highest BCUT2D eigenvalue weighted by atomic mass is 32.2. The summed E-state index contributed by atoms with van der Waals surface area (Å²) in [5.74, 6) is -1.07. The molecule has 26 heavy (non-hydrogen) atoms. The topological polar surface area (TPSA) is 77.9 Å². The quantitative estimate of drug-likeness (QED) is 0.869. The van der Waals surface area contributed by atoms with Crippen molar-refractivity contribution < 1.29 is 18.3 Å². The Bertz CT molecular complexity index is 851. The smallest absolute Gasteiger partial charge is 0.335 e. The molecule has 1 N–H and O–H groups in total. The second-order valence-corrected chi connectivity index (χ2v) is 8.29. The van der Waals surface area contributed by atoms with Crippen molar-refractivity contribution in [2.24, 2.45) is 0 Å². The average Bonchev–Trinajstić information content (AvgIpc) is 2.89. The third kappa shape index (κ3) is 4.30. The molecule has 0 spiro atoms. The molecular formula is C19H22N2O4S. The van der Waals surface area contributed by atoms with Crippen LogP contribution in [0.5, 0.6) is 0 Å². The van der Waals surface area contributed by atoms with Gasteiger partial charge in [0.15, 0.2) is 0 Å². The molecule has 0 atom stereocenters. The molecule has 0 aromatic heterocycles. The minimum absolute atomic E-state index is 0.0776. The van der Waals surface area contributed by atoms with Gasteiger partial charge in [-0.2, -0.15) is 4.31 Å². The van der Waals surface area contributed by atoms with E-state index < -0.39 is 16.0 Å². The zero-order valence-corrected chi connectivity index (χ0v) is 15.2. The molecule has 1 aliphatic rings. The van der Waals surface area contributed by atoms with Gasteiger partial charge in [-0.05, 0) is 42.8 Å². The van der Waals surface area contributed by atoms with E-state index >= 15 is 0 Å². The van der Waals surface area contributed by atoms with Crippen molar-refractivity contribution in [3.05, 3.63) is 65.7 Å². The first-order chi connectivity index (χ1) is 12.5. The van der Waals surface area contributed by atoms with Crippen molar-refractivity contribution in [1.82, 2.24) is 9.21 Å². The molecule has 0 aliphatic carbocycles. The fraction of sp³-hybridized carbons (Fsp3) is 0.316. The molecule has 0 saturated carbocycles. The summed E-state index contributed by atoms with van der Waals surface area (Å²) in [6.45, 7) is 3.21. The predicted octanol–water partition coefficient (Wildman–Crippen LogP) is 2.28. The molecule has 1 heterocycles. The molecular weight excluding hydrogens is 352 g/mol. The molecule has 3 rings (SSSR count). The first-order valence-electron chi connectivity index (χ1n) is 8.56. The largest absolute Gasteiger partial charge is 0.478 e. The van der Waals surface area contributed by atoms with Crippen LogP contribution in [0.2, 0.25) is 0 Å². The van der Waals surface area contributed by atoms with Crippen molar-refractivity contribution in [2.45, 2.75) is 17.9 Å². The van der Waals surface area contributed by atoms with Crippen LogP contribution in [0.15, 0.2) is 59.5 Å². The van der Waals surface area contributed by atoms with Gasteiger partial charge in [-0.1, -0.05) is 30.3 Å². The molecule has 7 heteroatoms. The third-order valence-corrected chi connectivity index (χ3v) is 6.45. The van der Waals surface area contributed by atoms with Crippen molar-refractivity contribution in [1.29, 1.82) is 0 Å². The Morgan fingerprint density at radius 3 is 2.27 bits per heavy atom. The lowest BCUT2D eigenvalue weighted by Crippen LogP contribution is -2.35. The minimum Gasteiger partial charge on any atom is -0.478 e. The standard InChI is InChI=1S/C19H22N2O4S/c22-19(23)17-7-9-18(10-8-17)26(24,25)21-12-4-11-20(13-14-21)15-16-5-2-1-3-6-16/h1-3,5-10H,4,11-15H2,(H,22,23). The summed E-state index contributed by atoms with van der Waals surface area (Å²) in [5, 5.41) is 8.95. The number of rotatable bonds is 5. The van der Waals surface area contributed by atoms with Gasteiger partial charge in [0.25, 0.3) is 0 Å². The first-order valence-corrected chi connectivity index (χ1v) is 10.0. The fourth-order valence-corrected chi connectivity index (χ4v) is 4.58. The van der Waals surface area contributed by atoms with Gasteiger partial charge in [0.05, 0.1) is 10.5 Å². The first kappa shape index (κ1) is 18.6. The van der Waals surface area contributed by atoms with Crippen LogP contribution in [-0.2, 0) is 16.6 Å². The summed E-state index contributed by atoms with van der Waals surface area (Å²) in [6.07, 6.45) is 0.763. The molecule has 1 aliphatic heterocycles. The lowest BCUT2D eigenvalue weighted by molar-refractivity contribution is 0.0696. The van der Waals surface area contributed by atoms with E-state index in [1.165, 1.54) is 34.1 Å². The van der Waals surface area contributed by atoms with Gasteiger partial charge >= 0.3 is 5.97 Å². The Kier molecular flexibility index (Phi) is 5.70. The molecule has 2 aromatic rings. The second-order valence-electron chi connectivity index (χ2n) is 6.35. The van der Waals surface area contributed by atoms with Gasteiger partial charge in [-0.25, -0.2) is 13.2 Å². The van der Waals surface area contributed by atoms with E-state index in [9.17, 15) is 13.2 Å². The maximum Gasteiger partial charge on any atom is 0.335 e. The Hall–Kier alpha value is -2.22. The summed E-state index contributed by atoms with van der Waals surface area (Å²) < 4.78 is 27.2. The summed E-state index contributed by atoms with van der Waals surface area (Å²) in [7, 11) is -3.61. The maximum absolute atomic E-state index is 12.8. The van der Waals surface area contributed by atoms with Crippen LogP contribution in [-0.4, -0.2) is 54.9 Å². The van der Waals surface area contributed by atoms with Gasteiger partial charge in [-0.15, -0.1) is 0 Å². The molecule has 1 fully saturated rings. The van der Waals surface area contributed by atoms with Gasteiger partial charge in [0.2, 0.25) is 10.0 Å². The number of aromatic carboxylic acids is 1. The second kappa shape index (κ2) is 7.99. The van der Waals surface area contributed by atoms with Crippen LogP contribution in [0.4, 0.5) is 0 Å². The lowest BCUT2D eigenvalue weighted by atomic mass is 10.2. The number of benzene rings is 2. The SMILES string of the molecule is O=C(O)c1ccc(S(=O)(=O)N2CCCN(Cc3ccccc3)CC2)cc1. The summed E-state index contributed by atoms with van der Waals surface area (Å²) in [6, 6.07) is 15.5. The third-order valence-electron chi connectivity index (χ3n) is 4.54. The van der Waals surface area contributed by atoms with Crippen LogP contribution >= 0.6 is 0 Å². The minimum atomic E-state index is -3.61. The van der Waals surface area contributed by atoms with Crippen LogP contribution in [0, 0.1) is 0 Å². The molecule has 138 valence electrons. The van der Waals surface area contributed by atoms with Crippen LogP contribution < -0.4 is 0 Å². The molecule has 0 unspecified atom stereocenters. The predicted molar refractivity (Wildman–Crippen MR) is 98.5 cm³/mol. The monoisotopic (exact) mass is 374 g/mol. The molecule has 0 bridgehead atoms. The van der Waals surface area contributed by atoms with Gasteiger partial charge in [0.1, 0.15) is 0 Å². The number of hydrogen-bond donors (Lipinski definition) is 1. The van der Waals surface area contributed by atoms with Crippen molar-refractivity contribution in [3.63, 3.8) is 0 Å². The lowest BCUT2D eigenvalue weighted by Gasteiger charge is -2.22. The fourth-order valence-electron chi connectivity index (χ4n) is 3.11. The highest BCUT2D eigenvalue weighted by Gasteiger charge is 2.27. The van der Waals surface area contributed by atoms with Gasteiger partial charge in [0, 0.05) is 26.2 Å². The Balaban J connectivity index is 1.68. The number of sulfonamides is 1. The number of carboxylic acids is 1. The van der Waals surface area contributed by atoms with Crippen molar-refractivity contribution in [2.75, 3.05) is 26.2 Å². The Morgan fingerprint density at radius 2 is 1.62 bits per heavy atom. The average molecular weight is 374 g/mol. The van der Waals surface area contributed by atoms with Gasteiger partial charge in [-0.3, -0.25) is 4.90 Å². The summed E-state index contributed by atoms with van der Waals surface area (Å²) in [5.41, 5.74) is 1.29. The summed E-state index contributed by atoms with van der Waals surface area (Å²) in [4.78, 5) is 13.3. The van der Waals surface area contributed by atoms with Crippen LogP contribution in [0.1, 0.15) is 22.3 Å². The molecule has 0 amide bonds. The number of carboxylic acid groups (broad SMARTS) is 1. The normalized spacial score (nSPS) is 16.9. The highest BCUT2D eigenvalue weighted by Crippen LogP contribution is 2.19. The maximum atomic E-state index is 12.8. The zero-order chi connectivity index (χ0) is 18.6. The van der Waals surface area contributed by atoms with E-state index in [1.807, 2.05) is 18.2 Å². The van der Waals surface area contributed by atoms with E-state index in [4.69, 9.17) is 5.11 Å². The molecule has 2 aromatic carbocycles. The van der Waals surface area contributed by atoms with E-state index in [0.29, 0.717) is 19.6 Å². The number of nitrogens with zero attached hydrogens (tertiary/aromatic N) is 2.